The van der Waals surface area contributed by atoms with Gasteiger partial charge >= 0.3 is 5.97 Å². The normalized spacial score (nSPS) is 21.9. The lowest BCUT2D eigenvalue weighted by molar-refractivity contribution is -0.146. The van der Waals surface area contributed by atoms with Gasteiger partial charge in [0.25, 0.3) is 0 Å². The highest BCUT2D eigenvalue weighted by Crippen LogP contribution is 2.28. The van der Waals surface area contributed by atoms with E-state index in [2.05, 4.69) is 31.2 Å². The molecule has 3 unspecified atom stereocenters. The number of rotatable bonds is 14. The number of aliphatic hydroxyl groups is 1. The Morgan fingerprint density at radius 3 is 2.50 bits per heavy atom. The summed E-state index contributed by atoms with van der Waals surface area (Å²) in [6.45, 7) is 2.22. The van der Waals surface area contributed by atoms with Crippen LogP contribution in [-0.2, 0) is 9.53 Å². The average molecular weight is 336 g/mol. The zero-order valence-corrected chi connectivity index (χ0v) is 14.8. The molecule has 1 rings (SSSR count). The Morgan fingerprint density at radius 1 is 1.08 bits per heavy atom. The molecule has 1 heterocycles. The molecule has 0 bridgehead atoms. The molecular formula is C20H32O4. The van der Waals surface area contributed by atoms with E-state index in [0.29, 0.717) is 18.6 Å². The van der Waals surface area contributed by atoms with Crippen molar-refractivity contribution in [1.82, 2.24) is 0 Å². The minimum atomic E-state index is -1.25. The number of ether oxygens (including phenoxy) is 1. The first-order valence-corrected chi connectivity index (χ1v) is 9.18. The van der Waals surface area contributed by atoms with Gasteiger partial charge in [0.2, 0.25) is 0 Å². The third kappa shape index (κ3) is 10.4. The van der Waals surface area contributed by atoms with Gasteiger partial charge in [0, 0.05) is 0 Å². The number of aliphatic carboxylic acids is 1. The van der Waals surface area contributed by atoms with Crippen LogP contribution < -0.4 is 0 Å². The van der Waals surface area contributed by atoms with E-state index >= 15 is 0 Å². The number of epoxide rings is 1. The minimum Gasteiger partial charge on any atom is -0.479 e. The van der Waals surface area contributed by atoms with Gasteiger partial charge in [0.05, 0.1) is 6.10 Å². The molecule has 4 heteroatoms. The van der Waals surface area contributed by atoms with E-state index in [1.807, 2.05) is 12.2 Å². The maximum atomic E-state index is 10.4. The fraction of sp³-hybridized carbons (Fsp3) is 0.650. The van der Waals surface area contributed by atoms with Gasteiger partial charge in [-0.05, 0) is 38.5 Å². The molecule has 0 aromatic carbocycles. The second kappa shape index (κ2) is 13.0. The molecule has 0 aliphatic carbocycles. The highest BCUT2D eigenvalue weighted by atomic mass is 16.6. The van der Waals surface area contributed by atoms with Crippen LogP contribution in [0.25, 0.3) is 0 Å². The molecule has 1 fully saturated rings. The number of hydrogen-bond acceptors (Lipinski definition) is 3. The van der Waals surface area contributed by atoms with Crippen molar-refractivity contribution in [3.63, 3.8) is 0 Å². The quantitative estimate of drug-likeness (QED) is 0.280. The van der Waals surface area contributed by atoms with Crippen LogP contribution in [0.1, 0.15) is 64.7 Å². The topological polar surface area (TPSA) is 70.1 Å². The molecule has 24 heavy (non-hydrogen) atoms. The monoisotopic (exact) mass is 336 g/mol. The van der Waals surface area contributed by atoms with E-state index in [1.54, 1.807) is 0 Å². The van der Waals surface area contributed by atoms with Crippen LogP contribution in [0.3, 0.4) is 0 Å². The fourth-order valence-electron chi connectivity index (χ4n) is 2.46. The summed E-state index contributed by atoms with van der Waals surface area (Å²) < 4.78 is 5.61. The van der Waals surface area contributed by atoms with Crippen molar-refractivity contribution in [3.05, 3.63) is 36.5 Å². The smallest absolute Gasteiger partial charge is 0.332 e. The number of allylic oxidation sites excluding steroid dienone is 5. The van der Waals surface area contributed by atoms with Crippen molar-refractivity contribution in [2.45, 2.75) is 83.0 Å². The van der Waals surface area contributed by atoms with Crippen LogP contribution in [0.15, 0.2) is 36.5 Å². The zero-order valence-electron chi connectivity index (χ0n) is 14.8. The van der Waals surface area contributed by atoms with Gasteiger partial charge in [-0.25, -0.2) is 4.79 Å². The summed E-state index contributed by atoms with van der Waals surface area (Å²) in [7, 11) is 0. The molecule has 1 aliphatic heterocycles. The van der Waals surface area contributed by atoms with Gasteiger partial charge in [-0.2, -0.15) is 0 Å². The number of carboxylic acids is 1. The lowest BCUT2D eigenvalue weighted by atomic mass is 10.1. The Morgan fingerprint density at radius 2 is 1.79 bits per heavy atom. The highest BCUT2D eigenvalue weighted by molar-refractivity contribution is 5.71. The lowest BCUT2D eigenvalue weighted by Gasteiger charge is -2.00. The fourth-order valence-corrected chi connectivity index (χ4v) is 2.46. The molecule has 2 N–H and O–H groups in total. The maximum absolute atomic E-state index is 10.4. The van der Waals surface area contributed by atoms with Crippen molar-refractivity contribution in [1.29, 1.82) is 0 Å². The lowest BCUT2D eigenvalue weighted by Crippen LogP contribution is -2.18. The number of hydrogen-bond donors (Lipinski definition) is 2. The van der Waals surface area contributed by atoms with Crippen molar-refractivity contribution >= 4 is 5.97 Å². The van der Waals surface area contributed by atoms with Crippen molar-refractivity contribution in [3.8, 4) is 0 Å². The van der Waals surface area contributed by atoms with Gasteiger partial charge in [-0.15, -0.1) is 0 Å². The molecule has 1 saturated heterocycles. The summed E-state index contributed by atoms with van der Waals surface area (Å²) in [4.78, 5) is 10.4. The van der Waals surface area contributed by atoms with Gasteiger partial charge in [-0.1, -0.05) is 62.6 Å². The minimum absolute atomic E-state index is 0.267. The van der Waals surface area contributed by atoms with Gasteiger partial charge in [0.1, 0.15) is 6.10 Å². The zero-order chi connectivity index (χ0) is 17.6. The van der Waals surface area contributed by atoms with Crippen LogP contribution in [0.5, 0.6) is 0 Å². The van der Waals surface area contributed by atoms with E-state index in [9.17, 15) is 4.79 Å². The molecule has 0 amide bonds. The van der Waals surface area contributed by atoms with Crippen molar-refractivity contribution < 1.29 is 19.7 Å². The Labute approximate surface area is 145 Å². The number of unbranched alkanes of at least 4 members (excludes halogenated alkanes) is 3. The summed E-state index contributed by atoms with van der Waals surface area (Å²) in [5.74, 6) is -1.15. The van der Waals surface area contributed by atoms with Crippen LogP contribution in [0.4, 0.5) is 0 Å². The Balaban J connectivity index is 1.93. The van der Waals surface area contributed by atoms with Crippen molar-refractivity contribution in [2.24, 2.45) is 0 Å². The standard InChI is InChI=1S/C20H32O4/c1-2-3-11-15-18-19(24-18)16-13-10-8-6-4-5-7-9-12-14-17(21)20(22)23/h4,6-7,9,13,16-19,21H,2-3,5,8,10-12,14-15H2,1H3,(H,22,23)/b6-4-,9-7-,16-13+. The van der Waals surface area contributed by atoms with Gasteiger partial charge < -0.3 is 14.9 Å². The number of carboxylic acid groups (broad SMARTS) is 1. The largest absolute Gasteiger partial charge is 0.479 e. The first kappa shape index (κ1) is 20.7. The molecule has 0 saturated carbocycles. The second-order valence-corrected chi connectivity index (χ2v) is 6.25. The molecule has 0 spiro atoms. The summed E-state index contributed by atoms with van der Waals surface area (Å²) in [5.41, 5.74) is 0. The molecule has 3 atom stereocenters. The highest BCUT2D eigenvalue weighted by Gasteiger charge is 2.35. The van der Waals surface area contributed by atoms with E-state index in [-0.39, 0.29) is 6.42 Å². The third-order valence-electron chi connectivity index (χ3n) is 4.04. The molecule has 4 nitrogen and oxygen atoms in total. The van der Waals surface area contributed by atoms with Crippen LogP contribution >= 0.6 is 0 Å². The van der Waals surface area contributed by atoms with Crippen LogP contribution in [0.2, 0.25) is 0 Å². The van der Waals surface area contributed by atoms with E-state index in [1.165, 1.54) is 25.7 Å². The number of aliphatic hydroxyl groups excluding tert-OH is 1. The Hall–Kier alpha value is -1.39. The average Bonchev–Trinajstić information content (AvgIpc) is 3.30. The Bertz CT molecular complexity index is 425. The van der Waals surface area contributed by atoms with E-state index < -0.39 is 12.1 Å². The summed E-state index contributed by atoms with van der Waals surface area (Å²) in [6, 6.07) is 0. The summed E-state index contributed by atoms with van der Waals surface area (Å²) >= 11 is 0. The van der Waals surface area contributed by atoms with E-state index in [0.717, 1.165) is 19.3 Å². The third-order valence-corrected chi connectivity index (χ3v) is 4.04. The predicted octanol–water partition coefficient (Wildman–Crippen LogP) is 4.40. The van der Waals surface area contributed by atoms with Gasteiger partial charge in [0.15, 0.2) is 6.10 Å². The maximum Gasteiger partial charge on any atom is 0.332 e. The molecule has 136 valence electrons. The van der Waals surface area contributed by atoms with Crippen LogP contribution in [-0.4, -0.2) is 34.5 Å². The molecular weight excluding hydrogens is 304 g/mol. The second-order valence-electron chi connectivity index (χ2n) is 6.25. The Kier molecular flexibility index (Phi) is 11.2. The molecule has 0 radical (unpaired) electrons. The van der Waals surface area contributed by atoms with E-state index in [4.69, 9.17) is 14.9 Å². The first-order chi connectivity index (χ1) is 11.6. The molecule has 1 aliphatic rings. The first-order valence-electron chi connectivity index (χ1n) is 9.18. The van der Waals surface area contributed by atoms with Crippen LogP contribution in [0, 0.1) is 0 Å². The van der Waals surface area contributed by atoms with Gasteiger partial charge in [-0.3, -0.25) is 0 Å². The summed E-state index contributed by atoms with van der Waals surface area (Å²) in [5, 5.41) is 17.6. The van der Waals surface area contributed by atoms with Crippen molar-refractivity contribution in [2.75, 3.05) is 0 Å². The molecule has 0 aromatic heterocycles. The SMILES string of the molecule is CCCCCC1OC1/C=C/CC/C=C\C/C=C\CCC(O)C(=O)O. The summed E-state index contributed by atoms with van der Waals surface area (Å²) in [6.07, 6.45) is 20.9. The molecule has 0 aromatic rings. The predicted molar refractivity (Wildman–Crippen MR) is 97.0 cm³/mol. The number of carbonyl (C=O) groups is 1.